The summed E-state index contributed by atoms with van der Waals surface area (Å²) < 4.78 is 57.9. The summed E-state index contributed by atoms with van der Waals surface area (Å²) in [5, 5.41) is 9.38. The molecule has 0 aliphatic rings. The highest BCUT2D eigenvalue weighted by Gasteiger charge is 2.38. The van der Waals surface area contributed by atoms with Crippen molar-refractivity contribution in [2.45, 2.75) is 11.4 Å². The predicted molar refractivity (Wildman–Crippen MR) is 81.5 cm³/mol. The van der Waals surface area contributed by atoms with Gasteiger partial charge in [0.05, 0.1) is 5.56 Å². The Morgan fingerprint density at radius 2 is 2.00 bits per heavy atom. The molecular formula is C13H8ClF4N5OS. The van der Waals surface area contributed by atoms with Crippen LogP contribution in [0.2, 0.25) is 5.02 Å². The molecule has 2 aromatic heterocycles. The van der Waals surface area contributed by atoms with E-state index >= 15 is 0 Å². The molecule has 0 N–H and O–H groups in total. The van der Waals surface area contributed by atoms with Crippen molar-refractivity contribution in [3.05, 3.63) is 46.5 Å². The van der Waals surface area contributed by atoms with Crippen LogP contribution in [0.5, 0.6) is 0 Å². The van der Waals surface area contributed by atoms with E-state index in [4.69, 9.17) is 16.1 Å². The Bertz CT molecular complexity index is 926. The van der Waals surface area contributed by atoms with Gasteiger partial charge in [0.25, 0.3) is 5.89 Å². The smallest absolute Gasteiger partial charge is 0.334 e. The van der Waals surface area contributed by atoms with Gasteiger partial charge in [-0.25, -0.2) is 4.39 Å². The molecule has 1 atom stereocenters. The lowest BCUT2D eigenvalue weighted by atomic mass is 10.2. The van der Waals surface area contributed by atoms with Crippen molar-refractivity contribution in [1.29, 1.82) is 0 Å². The fourth-order valence-electron chi connectivity index (χ4n) is 2.06. The maximum atomic E-state index is 13.8. The average molecular weight is 394 g/mol. The van der Waals surface area contributed by atoms with Crippen molar-refractivity contribution in [2.75, 3.05) is 0 Å². The van der Waals surface area contributed by atoms with Crippen LogP contribution in [0.4, 0.5) is 17.6 Å². The number of thiol groups is 1. The van der Waals surface area contributed by atoms with Crippen molar-refractivity contribution in [3.63, 3.8) is 0 Å². The lowest BCUT2D eigenvalue weighted by Gasteiger charge is -2.08. The quantitative estimate of drug-likeness (QED) is 0.543. The molecule has 1 unspecified atom stereocenters. The van der Waals surface area contributed by atoms with Gasteiger partial charge in [0.15, 0.2) is 11.6 Å². The Morgan fingerprint density at radius 1 is 1.28 bits per heavy atom. The summed E-state index contributed by atoms with van der Waals surface area (Å²) in [6, 6.07) is 3.75. The first-order valence-electron chi connectivity index (χ1n) is 6.62. The minimum atomic E-state index is -4.67. The monoisotopic (exact) mass is 393 g/mol. The minimum absolute atomic E-state index is 0.0410. The molecule has 0 radical (unpaired) electrons. The van der Waals surface area contributed by atoms with Crippen LogP contribution in [0.3, 0.4) is 0 Å². The number of benzene rings is 1. The summed E-state index contributed by atoms with van der Waals surface area (Å²) in [4.78, 5) is 3.96. The van der Waals surface area contributed by atoms with Gasteiger partial charge in [-0.3, -0.25) is 0 Å². The van der Waals surface area contributed by atoms with E-state index in [0.29, 0.717) is 0 Å². The van der Waals surface area contributed by atoms with E-state index in [1.807, 2.05) is 0 Å². The molecule has 0 saturated carbocycles. The van der Waals surface area contributed by atoms with Crippen LogP contribution in [-0.2, 0) is 13.2 Å². The van der Waals surface area contributed by atoms with Crippen LogP contribution in [0.25, 0.3) is 11.5 Å². The van der Waals surface area contributed by atoms with E-state index in [-0.39, 0.29) is 28.1 Å². The Hall–Kier alpha value is -2.14. The van der Waals surface area contributed by atoms with E-state index in [1.165, 1.54) is 12.1 Å². The maximum Gasteiger partial charge on any atom is 0.451 e. The Kier molecular flexibility index (Phi) is 4.45. The summed E-state index contributed by atoms with van der Waals surface area (Å²) in [5.41, 5.74) is -0.0410. The molecule has 0 aliphatic carbocycles. The third kappa shape index (κ3) is 3.33. The second-order valence-electron chi connectivity index (χ2n) is 4.92. The first-order chi connectivity index (χ1) is 11.7. The van der Waals surface area contributed by atoms with Gasteiger partial charge < -0.3 is 9.09 Å². The van der Waals surface area contributed by atoms with Crippen LogP contribution in [0, 0.1) is 5.82 Å². The Labute approximate surface area is 148 Å². The van der Waals surface area contributed by atoms with E-state index < -0.39 is 23.1 Å². The topological polar surface area (TPSA) is 69.6 Å². The van der Waals surface area contributed by atoms with Crippen molar-refractivity contribution >= 4 is 24.2 Å². The summed E-state index contributed by atoms with van der Waals surface area (Å²) in [6.07, 6.45) is -4.67. The first-order valence-corrected chi connectivity index (χ1v) is 7.51. The molecule has 132 valence electrons. The maximum absolute atomic E-state index is 13.8. The Balaban J connectivity index is 1.95. The van der Waals surface area contributed by atoms with Crippen molar-refractivity contribution < 1.29 is 22.1 Å². The number of nitrogens with zero attached hydrogens (tertiary/aromatic N) is 5. The van der Waals surface area contributed by atoms with Gasteiger partial charge in [0.1, 0.15) is 11.1 Å². The highest BCUT2D eigenvalue weighted by atomic mass is 35.5. The number of hydrogen-bond acceptors (Lipinski definition) is 6. The lowest BCUT2D eigenvalue weighted by molar-refractivity contribution is -0.147. The number of aromatic nitrogens is 5. The van der Waals surface area contributed by atoms with Gasteiger partial charge in [0, 0.05) is 12.1 Å². The van der Waals surface area contributed by atoms with Crippen molar-refractivity contribution in [3.8, 4) is 11.5 Å². The standard InChI is InChI=1S/C13H8ClF4N5OS/c1-23-10(20-21-12(23)13(16,17)18)8(25)9-19-11(24-22-9)6-4-5(14)2-3-7(6)15/h2-4,8,25H,1H3. The predicted octanol–water partition coefficient (Wildman–Crippen LogP) is 3.70. The largest absolute Gasteiger partial charge is 0.451 e. The van der Waals surface area contributed by atoms with Crippen molar-refractivity contribution in [2.24, 2.45) is 7.05 Å². The first kappa shape index (κ1) is 17.7. The van der Waals surface area contributed by atoms with Gasteiger partial charge in [0.2, 0.25) is 5.82 Å². The second kappa shape index (κ2) is 6.30. The molecular weight excluding hydrogens is 386 g/mol. The molecule has 1 aromatic carbocycles. The molecule has 12 heteroatoms. The van der Waals surface area contributed by atoms with E-state index in [2.05, 4.69) is 33.0 Å². The second-order valence-corrected chi connectivity index (χ2v) is 5.88. The number of halogens is 5. The van der Waals surface area contributed by atoms with Gasteiger partial charge in [-0.1, -0.05) is 16.8 Å². The fraction of sp³-hybridized carbons (Fsp3) is 0.231. The highest BCUT2D eigenvalue weighted by molar-refractivity contribution is 7.80. The number of alkyl halides is 3. The molecule has 3 rings (SSSR count). The third-order valence-electron chi connectivity index (χ3n) is 3.25. The van der Waals surface area contributed by atoms with Crippen LogP contribution in [0.1, 0.15) is 22.7 Å². The molecule has 6 nitrogen and oxygen atoms in total. The normalized spacial score (nSPS) is 13.2. The van der Waals surface area contributed by atoms with Crippen LogP contribution >= 0.6 is 24.2 Å². The van der Waals surface area contributed by atoms with Crippen molar-refractivity contribution in [1.82, 2.24) is 24.9 Å². The van der Waals surface area contributed by atoms with E-state index in [0.717, 1.165) is 17.7 Å². The van der Waals surface area contributed by atoms with Gasteiger partial charge in [-0.15, -0.1) is 10.2 Å². The molecule has 0 fully saturated rings. The van der Waals surface area contributed by atoms with E-state index in [9.17, 15) is 17.6 Å². The molecule has 3 aromatic rings. The molecule has 2 heterocycles. The molecule has 0 amide bonds. The zero-order chi connectivity index (χ0) is 18.4. The summed E-state index contributed by atoms with van der Waals surface area (Å²) in [7, 11) is 1.14. The highest BCUT2D eigenvalue weighted by Crippen LogP contribution is 2.32. The Morgan fingerprint density at radius 3 is 2.64 bits per heavy atom. The molecule has 25 heavy (non-hydrogen) atoms. The zero-order valence-electron chi connectivity index (χ0n) is 12.3. The van der Waals surface area contributed by atoms with Gasteiger partial charge >= 0.3 is 6.18 Å². The third-order valence-corrected chi connectivity index (χ3v) is 3.95. The van der Waals surface area contributed by atoms with Crippen LogP contribution in [-0.4, -0.2) is 24.9 Å². The summed E-state index contributed by atoms with van der Waals surface area (Å²) in [5.74, 6) is -2.26. The average Bonchev–Trinajstić information content (AvgIpc) is 3.15. The van der Waals surface area contributed by atoms with Crippen LogP contribution in [0.15, 0.2) is 22.7 Å². The SMILES string of the molecule is Cn1c(C(S)c2noc(-c3cc(Cl)ccc3F)n2)nnc1C(F)(F)F. The number of hydrogen-bond donors (Lipinski definition) is 1. The number of rotatable bonds is 3. The summed E-state index contributed by atoms with van der Waals surface area (Å²) >= 11 is 9.96. The fourth-order valence-corrected chi connectivity index (χ4v) is 2.56. The van der Waals surface area contributed by atoms with Crippen LogP contribution < -0.4 is 0 Å². The lowest BCUT2D eigenvalue weighted by Crippen LogP contribution is -2.14. The zero-order valence-corrected chi connectivity index (χ0v) is 13.9. The van der Waals surface area contributed by atoms with E-state index in [1.54, 1.807) is 0 Å². The molecule has 0 bridgehead atoms. The molecule has 0 spiro atoms. The van der Waals surface area contributed by atoms with Gasteiger partial charge in [-0.2, -0.15) is 30.8 Å². The summed E-state index contributed by atoms with van der Waals surface area (Å²) in [6.45, 7) is 0. The molecule has 0 saturated heterocycles. The minimum Gasteiger partial charge on any atom is -0.334 e. The van der Waals surface area contributed by atoms with Gasteiger partial charge in [-0.05, 0) is 18.2 Å². The molecule has 0 aliphatic heterocycles.